The Bertz CT molecular complexity index is 282. The molecule has 0 atom stereocenters. The second-order valence-corrected chi connectivity index (χ2v) is 8.38. The minimum absolute atomic E-state index is 0.283. The summed E-state index contributed by atoms with van der Waals surface area (Å²) in [6.45, 7) is 4.60. The lowest BCUT2D eigenvalue weighted by Crippen LogP contribution is -2.29. The van der Waals surface area contributed by atoms with Gasteiger partial charge in [-0.25, -0.2) is 0 Å². The summed E-state index contributed by atoms with van der Waals surface area (Å²) in [6.07, 6.45) is 11.3. The molecule has 1 aromatic carbocycles. The van der Waals surface area contributed by atoms with Gasteiger partial charge in [0.2, 0.25) is 0 Å². The van der Waals surface area contributed by atoms with Gasteiger partial charge in [-0.3, -0.25) is 0 Å². The molecule has 1 radical (unpaired) electrons. The number of rotatable bonds is 11. The van der Waals surface area contributed by atoms with Gasteiger partial charge in [0.1, 0.15) is 0 Å². The molecule has 0 amide bonds. The summed E-state index contributed by atoms with van der Waals surface area (Å²) < 4.78 is 0. The van der Waals surface area contributed by atoms with Gasteiger partial charge >= 0.3 is 0 Å². The normalized spacial score (nSPS) is 11.1. The fraction of sp³-hybridized carbons (Fsp3) is 0.667. The smallest absolute Gasteiger partial charge is 0.0654 e. The Kier molecular flexibility index (Phi) is 9.79. The van der Waals surface area contributed by atoms with Gasteiger partial charge in [0.25, 0.3) is 0 Å². The monoisotopic (exact) mass is 275 g/mol. The lowest BCUT2D eigenvalue weighted by Gasteiger charge is -2.15. The Morgan fingerprint density at radius 2 is 1.21 bits per heavy atom. The maximum absolute atomic E-state index is 2.37. The van der Waals surface area contributed by atoms with Gasteiger partial charge < -0.3 is 0 Å². The highest BCUT2D eigenvalue weighted by molar-refractivity contribution is 6.73. The van der Waals surface area contributed by atoms with Crippen molar-refractivity contribution >= 4 is 14.0 Å². The van der Waals surface area contributed by atoms with Crippen LogP contribution in [0.15, 0.2) is 30.3 Å². The Morgan fingerprint density at radius 3 is 1.68 bits per heavy atom. The maximum Gasteiger partial charge on any atom is 0.0856 e. The fourth-order valence-electron chi connectivity index (χ4n) is 2.62. The second-order valence-electron chi connectivity index (χ2n) is 5.59. The molecular formula is C18H31Si. The van der Waals surface area contributed by atoms with Crippen LogP contribution in [-0.4, -0.2) is 8.80 Å². The molecule has 1 rings (SSSR count). The van der Waals surface area contributed by atoms with Gasteiger partial charge in [-0.2, -0.15) is 0 Å². The van der Waals surface area contributed by atoms with E-state index in [1.54, 1.807) is 5.19 Å². The van der Waals surface area contributed by atoms with E-state index in [2.05, 4.69) is 44.2 Å². The molecule has 0 unspecified atom stereocenters. The molecule has 0 nitrogen and oxygen atoms in total. The van der Waals surface area contributed by atoms with Crippen molar-refractivity contribution in [3.8, 4) is 0 Å². The molecule has 0 aliphatic rings. The van der Waals surface area contributed by atoms with Gasteiger partial charge in [0.05, 0.1) is 8.80 Å². The van der Waals surface area contributed by atoms with Gasteiger partial charge in [0, 0.05) is 0 Å². The van der Waals surface area contributed by atoms with Crippen LogP contribution in [0.5, 0.6) is 0 Å². The van der Waals surface area contributed by atoms with E-state index in [1.165, 1.54) is 63.5 Å². The summed E-state index contributed by atoms with van der Waals surface area (Å²) in [5.74, 6) is 0. The lowest BCUT2D eigenvalue weighted by atomic mass is 10.2. The molecule has 0 saturated heterocycles. The van der Waals surface area contributed by atoms with Gasteiger partial charge in [-0.15, -0.1) is 0 Å². The maximum atomic E-state index is 2.37. The molecule has 0 N–H and O–H groups in total. The van der Waals surface area contributed by atoms with Crippen LogP contribution in [0, 0.1) is 0 Å². The zero-order valence-corrected chi connectivity index (χ0v) is 14.0. The van der Waals surface area contributed by atoms with Crippen LogP contribution in [0.2, 0.25) is 12.1 Å². The van der Waals surface area contributed by atoms with Crippen LogP contribution >= 0.6 is 0 Å². The van der Waals surface area contributed by atoms with E-state index in [-0.39, 0.29) is 8.80 Å². The lowest BCUT2D eigenvalue weighted by molar-refractivity contribution is 0.687. The first-order chi connectivity index (χ1) is 9.38. The van der Waals surface area contributed by atoms with Gasteiger partial charge in [0.15, 0.2) is 0 Å². The first kappa shape index (κ1) is 16.5. The highest BCUT2D eigenvalue weighted by atomic mass is 28.3. The molecule has 0 saturated carbocycles. The number of hydrogen-bond donors (Lipinski definition) is 0. The highest BCUT2D eigenvalue weighted by Gasteiger charge is 2.12. The van der Waals surface area contributed by atoms with Crippen molar-refractivity contribution in [2.45, 2.75) is 77.3 Å². The summed E-state index contributed by atoms with van der Waals surface area (Å²) in [4.78, 5) is 0. The second kappa shape index (κ2) is 11.3. The average Bonchev–Trinajstić information content (AvgIpc) is 2.46. The van der Waals surface area contributed by atoms with E-state index >= 15 is 0 Å². The average molecular weight is 276 g/mol. The van der Waals surface area contributed by atoms with Crippen molar-refractivity contribution in [1.82, 2.24) is 0 Å². The van der Waals surface area contributed by atoms with E-state index in [0.29, 0.717) is 0 Å². The van der Waals surface area contributed by atoms with Crippen molar-refractivity contribution in [1.29, 1.82) is 0 Å². The molecule has 0 aromatic heterocycles. The van der Waals surface area contributed by atoms with Crippen LogP contribution < -0.4 is 5.19 Å². The zero-order valence-electron chi connectivity index (χ0n) is 13.0. The minimum Gasteiger partial charge on any atom is -0.0654 e. The summed E-state index contributed by atoms with van der Waals surface area (Å²) in [5.41, 5.74) is 0. The van der Waals surface area contributed by atoms with Crippen LogP contribution in [0.1, 0.15) is 65.2 Å². The Hall–Kier alpha value is -0.563. The number of benzene rings is 1. The third-order valence-corrected chi connectivity index (χ3v) is 6.91. The molecule has 1 heteroatoms. The van der Waals surface area contributed by atoms with E-state index in [4.69, 9.17) is 0 Å². The van der Waals surface area contributed by atoms with E-state index in [9.17, 15) is 0 Å². The summed E-state index contributed by atoms with van der Waals surface area (Å²) in [5, 5.41) is 1.67. The zero-order chi connectivity index (χ0) is 13.8. The van der Waals surface area contributed by atoms with Crippen molar-refractivity contribution in [3.63, 3.8) is 0 Å². The SMILES string of the molecule is CCCCCC[Si](CCCCCC)c1ccccc1. The van der Waals surface area contributed by atoms with Crippen LogP contribution in [-0.2, 0) is 0 Å². The quantitative estimate of drug-likeness (QED) is 0.367. The molecule has 0 heterocycles. The molecule has 107 valence electrons. The molecule has 19 heavy (non-hydrogen) atoms. The van der Waals surface area contributed by atoms with E-state index in [1.807, 2.05) is 0 Å². The van der Waals surface area contributed by atoms with Gasteiger partial charge in [-0.05, 0) is 0 Å². The molecule has 0 aliphatic carbocycles. The van der Waals surface area contributed by atoms with Crippen LogP contribution in [0.25, 0.3) is 0 Å². The van der Waals surface area contributed by atoms with Crippen LogP contribution in [0.4, 0.5) is 0 Å². The Morgan fingerprint density at radius 1 is 0.684 bits per heavy atom. The minimum atomic E-state index is -0.283. The third-order valence-electron chi connectivity index (χ3n) is 3.85. The third kappa shape index (κ3) is 7.56. The predicted octanol–water partition coefficient (Wildman–Crippen LogP) is 5.55. The van der Waals surface area contributed by atoms with Crippen molar-refractivity contribution in [2.24, 2.45) is 0 Å². The van der Waals surface area contributed by atoms with Crippen molar-refractivity contribution in [2.75, 3.05) is 0 Å². The predicted molar refractivity (Wildman–Crippen MR) is 89.7 cm³/mol. The molecule has 0 fully saturated rings. The largest absolute Gasteiger partial charge is 0.0856 e. The molecule has 1 aromatic rings. The summed E-state index contributed by atoms with van der Waals surface area (Å²) in [6, 6.07) is 14.3. The molecular weight excluding hydrogens is 244 g/mol. The molecule has 0 aliphatic heterocycles. The first-order valence-corrected chi connectivity index (χ1v) is 10.2. The van der Waals surface area contributed by atoms with Gasteiger partial charge in [-0.1, -0.05) is 113 Å². The highest BCUT2D eigenvalue weighted by Crippen LogP contribution is 2.13. The molecule has 0 spiro atoms. The number of unbranched alkanes of at least 4 members (excludes halogenated alkanes) is 6. The van der Waals surface area contributed by atoms with E-state index in [0.717, 1.165) is 0 Å². The fourth-order valence-corrected chi connectivity index (χ4v) is 5.46. The number of hydrogen-bond acceptors (Lipinski definition) is 0. The molecule has 0 bridgehead atoms. The standard InChI is InChI=1S/C18H31Si/c1-3-5-7-12-16-19(17-13-8-6-4-2)18-14-10-9-11-15-18/h9-11,14-15H,3-8,12-13,16-17H2,1-2H3. The topological polar surface area (TPSA) is 0 Å². The first-order valence-electron chi connectivity index (χ1n) is 8.28. The Labute approximate surface area is 122 Å². The van der Waals surface area contributed by atoms with Crippen molar-refractivity contribution in [3.05, 3.63) is 30.3 Å². The Balaban J connectivity index is 2.39. The van der Waals surface area contributed by atoms with Crippen molar-refractivity contribution < 1.29 is 0 Å². The van der Waals surface area contributed by atoms with E-state index < -0.39 is 0 Å². The summed E-state index contributed by atoms with van der Waals surface area (Å²) in [7, 11) is -0.283. The summed E-state index contributed by atoms with van der Waals surface area (Å²) >= 11 is 0. The van der Waals surface area contributed by atoms with Crippen LogP contribution in [0.3, 0.4) is 0 Å².